The number of nitro benzene ring substituents is 1. The Morgan fingerprint density at radius 1 is 0.892 bits per heavy atom. The molecule has 0 heterocycles. The van der Waals surface area contributed by atoms with Gasteiger partial charge in [0.25, 0.3) is 11.6 Å². The highest BCUT2D eigenvalue weighted by Gasteiger charge is 2.16. The lowest BCUT2D eigenvalue weighted by atomic mass is 10.1. The highest BCUT2D eigenvalue weighted by Crippen LogP contribution is 2.38. The number of non-ortho nitro benzene ring substituents is 1. The smallest absolute Gasteiger partial charge is 0.336 e. The molecule has 0 aliphatic rings. The molecule has 0 radical (unpaired) electrons. The highest BCUT2D eigenvalue weighted by atomic mass is 16.6. The van der Waals surface area contributed by atoms with Gasteiger partial charge in [-0.1, -0.05) is 0 Å². The summed E-state index contributed by atoms with van der Waals surface area (Å²) in [4.78, 5) is 34.7. The Balaban J connectivity index is 1.56. The Morgan fingerprint density at radius 3 is 2.03 bits per heavy atom. The first-order valence-corrected chi connectivity index (χ1v) is 10.7. The van der Waals surface area contributed by atoms with Crippen molar-refractivity contribution in [2.75, 3.05) is 21.3 Å². The van der Waals surface area contributed by atoms with Crippen LogP contribution in [-0.2, 0) is 4.79 Å². The Bertz CT molecular complexity index is 1310. The number of methoxy groups -OCH3 is 3. The third-order valence-electron chi connectivity index (χ3n) is 4.92. The van der Waals surface area contributed by atoms with Crippen LogP contribution in [0.4, 0.5) is 5.69 Å². The van der Waals surface area contributed by atoms with E-state index in [9.17, 15) is 19.7 Å². The van der Waals surface area contributed by atoms with Gasteiger partial charge in [-0.15, -0.1) is 0 Å². The number of hydrazone groups is 1. The van der Waals surface area contributed by atoms with Crippen LogP contribution in [0.3, 0.4) is 0 Å². The van der Waals surface area contributed by atoms with E-state index in [0.717, 1.165) is 0 Å². The minimum atomic E-state index is -0.614. The first kappa shape index (κ1) is 26.4. The highest BCUT2D eigenvalue weighted by molar-refractivity contribution is 5.96. The molecule has 0 bridgehead atoms. The molecule has 11 heteroatoms. The second-order valence-corrected chi connectivity index (χ2v) is 7.29. The number of ether oxygens (including phenoxy) is 4. The number of carbonyl (C=O) groups is 2. The maximum absolute atomic E-state index is 12.5. The fourth-order valence-electron chi connectivity index (χ4n) is 3.09. The third kappa shape index (κ3) is 7.15. The van der Waals surface area contributed by atoms with Crippen molar-refractivity contribution in [1.29, 1.82) is 0 Å². The van der Waals surface area contributed by atoms with Gasteiger partial charge in [0.15, 0.2) is 11.5 Å². The molecule has 0 saturated heterocycles. The largest absolute Gasteiger partial charge is 0.493 e. The third-order valence-corrected chi connectivity index (χ3v) is 4.92. The first-order valence-electron chi connectivity index (χ1n) is 10.7. The van der Waals surface area contributed by atoms with Gasteiger partial charge < -0.3 is 18.9 Å². The van der Waals surface area contributed by atoms with Crippen LogP contribution >= 0.6 is 0 Å². The lowest BCUT2D eigenvalue weighted by molar-refractivity contribution is -0.384. The van der Waals surface area contributed by atoms with Crippen LogP contribution in [0.15, 0.2) is 71.8 Å². The summed E-state index contributed by atoms with van der Waals surface area (Å²) in [5, 5.41) is 14.6. The van der Waals surface area contributed by atoms with E-state index in [4.69, 9.17) is 18.9 Å². The fraction of sp³-hybridized carbons (Fsp3) is 0.115. The molecule has 1 N–H and O–H groups in total. The summed E-state index contributed by atoms with van der Waals surface area (Å²) in [6.07, 6.45) is 4.13. The quantitative estimate of drug-likeness (QED) is 0.109. The molecule has 0 saturated carbocycles. The van der Waals surface area contributed by atoms with E-state index < -0.39 is 16.8 Å². The van der Waals surface area contributed by atoms with Gasteiger partial charge in [-0.25, -0.2) is 10.2 Å². The lowest BCUT2D eigenvalue weighted by Crippen LogP contribution is -2.18. The minimum Gasteiger partial charge on any atom is -0.493 e. The number of esters is 1. The average Bonchev–Trinajstić information content (AvgIpc) is 2.92. The lowest BCUT2D eigenvalue weighted by Gasteiger charge is -2.13. The average molecular weight is 505 g/mol. The minimum absolute atomic E-state index is 0.0379. The first-order chi connectivity index (χ1) is 17.8. The number of hydrogen-bond acceptors (Lipinski definition) is 9. The molecule has 0 aliphatic carbocycles. The summed E-state index contributed by atoms with van der Waals surface area (Å²) >= 11 is 0. The second-order valence-electron chi connectivity index (χ2n) is 7.29. The predicted molar refractivity (Wildman–Crippen MR) is 135 cm³/mol. The molecule has 0 fully saturated rings. The number of nitrogens with zero attached hydrogens (tertiary/aromatic N) is 2. The van der Waals surface area contributed by atoms with Crippen LogP contribution < -0.4 is 24.4 Å². The van der Waals surface area contributed by atoms with Crippen LogP contribution in [0.25, 0.3) is 6.08 Å². The number of nitro groups is 1. The predicted octanol–water partition coefficient (Wildman–Crippen LogP) is 4.00. The van der Waals surface area contributed by atoms with Gasteiger partial charge in [0.05, 0.1) is 32.5 Å². The van der Waals surface area contributed by atoms with Crippen LogP contribution in [0, 0.1) is 10.1 Å². The zero-order valence-corrected chi connectivity index (χ0v) is 20.2. The Morgan fingerprint density at radius 2 is 1.49 bits per heavy atom. The molecule has 1 amide bonds. The number of amides is 1. The van der Waals surface area contributed by atoms with Gasteiger partial charge in [-0.2, -0.15) is 5.10 Å². The van der Waals surface area contributed by atoms with Crippen LogP contribution in [-0.4, -0.2) is 44.3 Å². The van der Waals surface area contributed by atoms with Crippen molar-refractivity contribution in [1.82, 2.24) is 5.43 Å². The summed E-state index contributed by atoms with van der Waals surface area (Å²) < 4.78 is 21.0. The Hall–Kier alpha value is -5.19. The number of hydrogen-bond donors (Lipinski definition) is 1. The Labute approximate surface area is 212 Å². The van der Waals surface area contributed by atoms with Gasteiger partial charge in [0, 0.05) is 23.8 Å². The van der Waals surface area contributed by atoms with E-state index in [-0.39, 0.29) is 11.3 Å². The number of rotatable bonds is 10. The van der Waals surface area contributed by atoms with E-state index in [1.54, 1.807) is 24.3 Å². The summed E-state index contributed by atoms with van der Waals surface area (Å²) in [6, 6.07) is 15.2. The van der Waals surface area contributed by atoms with Crippen molar-refractivity contribution in [3.8, 4) is 23.0 Å². The molecule has 190 valence electrons. The summed E-state index contributed by atoms with van der Waals surface area (Å²) in [5.41, 5.74) is 3.90. The van der Waals surface area contributed by atoms with Crippen molar-refractivity contribution in [2.45, 2.75) is 0 Å². The molecule has 11 nitrogen and oxygen atoms in total. The van der Waals surface area contributed by atoms with Crippen molar-refractivity contribution < 1.29 is 33.5 Å². The van der Waals surface area contributed by atoms with Crippen molar-refractivity contribution in [3.63, 3.8) is 0 Å². The standard InChI is InChI=1S/C26H23N3O8/c1-34-22-14-19(15-23(35-2)25(22)36-3)26(31)28-27-16-18-6-11-21(12-7-18)37-24(30)13-8-17-4-9-20(10-5-17)29(32)33/h4-16H,1-3H3,(H,28,31). The maximum Gasteiger partial charge on any atom is 0.336 e. The van der Waals surface area contributed by atoms with E-state index in [0.29, 0.717) is 34.1 Å². The van der Waals surface area contributed by atoms with E-state index in [2.05, 4.69) is 10.5 Å². The van der Waals surface area contributed by atoms with Crippen LogP contribution in [0.2, 0.25) is 0 Å². The molecule has 0 spiro atoms. The van der Waals surface area contributed by atoms with E-state index in [1.807, 2.05) is 0 Å². The summed E-state index contributed by atoms with van der Waals surface area (Å²) in [7, 11) is 4.37. The molecular formula is C26H23N3O8. The Kier molecular flexibility index (Phi) is 8.92. The molecule has 3 rings (SSSR count). The molecule has 3 aromatic rings. The summed E-state index contributed by atoms with van der Waals surface area (Å²) in [6.45, 7) is 0. The van der Waals surface area contributed by atoms with Crippen molar-refractivity contribution >= 4 is 29.9 Å². The molecule has 3 aromatic carbocycles. The molecule has 0 atom stereocenters. The molecule has 0 aromatic heterocycles. The zero-order chi connectivity index (χ0) is 26.8. The van der Waals surface area contributed by atoms with Crippen LogP contribution in [0.5, 0.6) is 23.0 Å². The molecular weight excluding hydrogens is 482 g/mol. The fourth-order valence-corrected chi connectivity index (χ4v) is 3.09. The normalized spacial score (nSPS) is 10.8. The van der Waals surface area contributed by atoms with Crippen molar-refractivity contribution in [2.24, 2.45) is 5.10 Å². The van der Waals surface area contributed by atoms with Crippen molar-refractivity contribution in [3.05, 3.63) is 93.5 Å². The second kappa shape index (κ2) is 12.5. The SMILES string of the molecule is COc1cc(C(=O)NN=Cc2ccc(OC(=O)C=Cc3ccc([N+](=O)[O-])cc3)cc2)cc(OC)c1OC. The molecule has 0 aliphatic heterocycles. The molecule has 0 unspecified atom stereocenters. The number of carbonyl (C=O) groups excluding carboxylic acids is 2. The monoisotopic (exact) mass is 505 g/mol. The zero-order valence-electron chi connectivity index (χ0n) is 20.2. The van der Waals surface area contributed by atoms with Gasteiger partial charge in [-0.05, 0) is 65.7 Å². The van der Waals surface area contributed by atoms with Gasteiger partial charge in [-0.3, -0.25) is 14.9 Å². The van der Waals surface area contributed by atoms with Crippen LogP contribution in [0.1, 0.15) is 21.5 Å². The topological polar surface area (TPSA) is 139 Å². The van der Waals surface area contributed by atoms with Gasteiger partial charge in [0.1, 0.15) is 5.75 Å². The maximum atomic E-state index is 12.5. The molecule has 37 heavy (non-hydrogen) atoms. The summed E-state index contributed by atoms with van der Waals surface area (Å²) in [5.74, 6) is 0.246. The van der Waals surface area contributed by atoms with E-state index >= 15 is 0 Å². The van der Waals surface area contributed by atoms with Gasteiger partial charge >= 0.3 is 5.97 Å². The number of benzene rings is 3. The number of nitrogens with one attached hydrogen (secondary N) is 1. The van der Waals surface area contributed by atoms with E-state index in [1.165, 1.54) is 76.1 Å². The van der Waals surface area contributed by atoms with Gasteiger partial charge in [0.2, 0.25) is 5.75 Å².